The minimum absolute atomic E-state index is 0.163. The van der Waals surface area contributed by atoms with E-state index in [1.165, 1.54) is 7.11 Å². The molecule has 1 saturated heterocycles. The van der Waals surface area contributed by atoms with Crippen LogP contribution in [-0.4, -0.2) is 60.5 Å². The molecule has 1 heterocycles. The molecule has 0 unspecified atom stereocenters. The van der Waals surface area contributed by atoms with Crippen molar-refractivity contribution in [3.63, 3.8) is 0 Å². The number of aliphatic carboxylic acids is 1. The Labute approximate surface area is 132 Å². The maximum Gasteiger partial charge on any atom is 0.394 e. The van der Waals surface area contributed by atoms with E-state index in [9.17, 15) is 22.8 Å². The van der Waals surface area contributed by atoms with E-state index < -0.39 is 43.1 Å². The highest BCUT2D eigenvalue weighted by Gasteiger charge is 2.53. The molecule has 0 aromatic rings. The fraction of sp³-hybridized carbons (Fsp3) is 0.857. The van der Waals surface area contributed by atoms with Crippen LogP contribution in [0.2, 0.25) is 0 Å². The van der Waals surface area contributed by atoms with Crippen molar-refractivity contribution in [2.75, 3.05) is 20.2 Å². The lowest BCUT2D eigenvalue weighted by atomic mass is 9.92. The number of carboxylic acid groups (broad SMARTS) is 1. The SMILES string of the molecule is CO[C@H]1CCCC[C@@H]1NC(=O)N1C[C@@H](C(F)(F)F)[C@H](C(=O)O)C1. The Balaban J connectivity index is 2.01. The Morgan fingerprint density at radius 2 is 1.87 bits per heavy atom. The summed E-state index contributed by atoms with van der Waals surface area (Å²) >= 11 is 0. The lowest BCUT2D eigenvalue weighted by molar-refractivity contribution is -0.187. The van der Waals surface area contributed by atoms with E-state index in [1.54, 1.807) is 0 Å². The second-order valence-electron chi connectivity index (χ2n) is 6.11. The summed E-state index contributed by atoms with van der Waals surface area (Å²) in [4.78, 5) is 24.2. The van der Waals surface area contributed by atoms with E-state index in [0.717, 1.165) is 24.2 Å². The van der Waals surface area contributed by atoms with E-state index in [0.29, 0.717) is 6.42 Å². The molecule has 0 radical (unpaired) electrons. The number of ether oxygens (including phenoxy) is 1. The van der Waals surface area contributed by atoms with Crippen LogP contribution in [0, 0.1) is 11.8 Å². The molecule has 2 fully saturated rings. The van der Waals surface area contributed by atoms with Crippen LogP contribution in [0.5, 0.6) is 0 Å². The van der Waals surface area contributed by atoms with E-state index in [2.05, 4.69) is 5.32 Å². The first kappa shape index (κ1) is 17.8. The van der Waals surface area contributed by atoms with Gasteiger partial charge in [-0.1, -0.05) is 12.8 Å². The fourth-order valence-corrected chi connectivity index (χ4v) is 3.35. The topological polar surface area (TPSA) is 78.9 Å². The summed E-state index contributed by atoms with van der Waals surface area (Å²) in [5, 5.41) is 11.7. The Morgan fingerprint density at radius 3 is 2.39 bits per heavy atom. The second-order valence-corrected chi connectivity index (χ2v) is 6.11. The molecule has 4 atom stereocenters. The van der Waals surface area contributed by atoms with Crippen LogP contribution in [0.4, 0.5) is 18.0 Å². The van der Waals surface area contributed by atoms with E-state index in [1.807, 2.05) is 0 Å². The number of nitrogens with one attached hydrogen (secondary N) is 1. The number of amides is 2. The van der Waals surface area contributed by atoms with Gasteiger partial charge in [-0.25, -0.2) is 4.79 Å². The summed E-state index contributed by atoms with van der Waals surface area (Å²) in [5.74, 6) is -5.18. The number of methoxy groups -OCH3 is 1. The lowest BCUT2D eigenvalue weighted by Gasteiger charge is -2.32. The molecule has 0 bridgehead atoms. The van der Waals surface area contributed by atoms with Gasteiger partial charge in [-0.15, -0.1) is 0 Å². The molecule has 0 aromatic heterocycles. The highest BCUT2D eigenvalue weighted by atomic mass is 19.4. The first-order chi connectivity index (χ1) is 10.7. The number of urea groups is 1. The second kappa shape index (κ2) is 6.94. The first-order valence-corrected chi connectivity index (χ1v) is 7.61. The van der Waals surface area contributed by atoms with Gasteiger partial charge in [0.2, 0.25) is 0 Å². The number of carbonyl (C=O) groups is 2. The molecule has 1 saturated carbocycles. The van der Waals surface area contributed by atoms with Crippen LogP contribution < -0.4 is 5.32 Å². The van der Waals surface area contributed by atoms with Gasteiger partial charge in [-0.3, -0.25) is 4.79 Å². The van der Waals surface area contributed by atoms with E-state index in [-0.39, 0.29) is 12.1 Å². The Bertz CT molecular complexity index is 458. The summed E-state index contributed by atoms with van der Waals surface area (Å²) in [6.07, 6.45) is -1.44. The molecule has 6 nitrogen and oxygen atoms in total. The van der Waals surface area contributed by atoms with Gasteiger partial charge in [0, 0.05) is 20.2 Å². The number of hydrogen-bond acceptors (Lipinski definition) is 3. The molecule has 2 N–H and O–H groups in total. The van der Waals surface area contributed by atoms with Crippen LogP contribution in [0.3, 0.4) is 0 Å². The van der Waals surface area contributed by atoms with Crippen LogP contribution in [0.1, 0.15) is 25.7 Å². The average Bonchev–Trinajstić information content (AvgIpc) is 2.93. The zero-order chi connectivity index (χ0) is 17.2. The molecule has 1 aliphatic carbocycles. The third kappa shape index (κ3) is 4.07. The van der Waals surface area contributed by atoms with Crippen LogP contribution in [0.15, 0.2) is 0 Å². The zero-order valence-corrected chi connectivity index (χ0v) is 12.8. The summed E-state index contributed by atoms with van der Waals surface area (Å²) in [5.41, 5.74) is 0. The van der Waals surface area contributed by atoms with Gasteiger partial charge in [0.05, 0.1) is 24.0 Å². The molecule has 0 spiro atoms. The van der Waals surface area contributed by atoms with Gasteiger partial charge < -0.3 is 20.1 Å². The van der Waals surface area contributed by atoms with Crippen molar-refractivity contribution in [3.05, 3.63) is 0 Å². The third-order valence-corrected chi connectivity index (χ3v) is 4.66. The number of halogens is 3. The van der Waals surface area contributed by atoms with Crippen molar-refractivity contribution in [1.29, 1.82) is 0 Å². The van der Waals surface area contributed by atoms with Crippen molar-refractivity contribution in [3.8, 4) is 0 Å². The van der Waals surface area contributed by atoms with Crippen molar-refractivity contribution < 1.29 is 32.6 Å². The molecule has 23 heavy (non-hydrogen) atoms. The minimum atomic E-state index is -4.64. The van der Waals surface area contributed by atoms with Gasteiger partial charge in [-0.2, -0.15) is 13.2 Å². The maximum absolute atomic E-state index is 12.9. The van der Waals surface area contributed by atoms with Gasteiger partial charge in [0.1, 0.15) is 0 Å². The standard InChI is InChI=1S/C14H21F3N2O4/c1-23-11-5-3-2-4-10(11)18-13(22)19-6-8(12(20)21)9(7-19)14(15,16)17/h8-11H,2-7H2,1H3,(H,18,22)(H,20,21)/t8-,9-,10+,11+/m1/s1. The maximum atomic E-state index is 12.9. The molecule has 9 heteroatoms. The number of carbonyl (C=O) groups excluding carboxylic acids is 1. The zero-order valence-electron chi connectivity index (χ0n) is 12.8. The van der Waals surface area contributed by atoms with Crippen LogP contribution >= 0.6 is 0 Å². The molecular weight excluding hydrogens is 317 g/mol. The van der Waals surface area contributed by atoms with Gasteiger partial charge in [0.15, 0.2) is 0 Å². The summed E-state index contributed by atoms with van der Waals surface area (Å²) in [6.45, 7) is -1.06. The fourth-order valence-electron chi connectivity index (χ4n) is 3.35. The normalized spacial score (nSPS) is 31.9. The number of carboxylic acids is 1. The molecule has 2 rings (SSSR count). The average molecular weight is 338 g/mol. The van der Waals surface area contributed by atoms with E-state index in [4.69, 9.17) is 9.84 Å². The lowest BCUT2D eigenvalue weighted by Crippen LogP contribution is -2.50. The molecule has 132 valence electrons. The number of rotatable bonds is 3. The number of likely N-dealkylation sites (tertiary alicyclic amines) is 1. The third-order valence-electron chi connectivity index (χ3n) is 4.66. The molecule has 2 aliphatic rings. The quantitative estimate of drug-likeness (QED) is 0.823. The van der Waals surface area contributed by atoms with Crippen molar-refractivity contribution in [2.45, 2.75) is 44.0 Å². The molecule has 0 aromatic carbocycles. The van der Waals surface area contributed by atoms with Crippen molar-refractivity contribution in [1.82, 2.24) is 10.2 Å². The number of hydrogen-bond donors (Lipinski definition) is 2. The van der Waals surface area contributed by atoms with Crippen LogP contribution in [0.25, 0.3) is 0 Å². The van der Waals surface area contributed by atoms with E-state index >= 15 is 0 Å². The Hall–Kier alpha value is -1.51. The number of alkyl halides is 3. The van der Waals surface area contributed by atoms with Gasteiger partial charge in [-0.05, 0) is 12.8 Å². The Kier molecular flexibility index (Phi) is 5.38. The number of nitrogens with zero attached hydrogens (tertiary/aromatic N) is 1. The van der Waals surface area contributed by atoms with Crippen LogP contribution in [-0.2, 0) is 9.53 Å². The highest BCUT2D eigenvalue weighted by molar-refractivity contribution is 5.78. The monoisotopic (exact) mass is 338 g/mol. The first-order valence-electron chi connectivity index (χ1n) is 7.61. The largest absolute Gasteiger partial charge is 0.481 e. The van der Waals surface area contributed by atoms with Crippen molar-refractivity contribution in [2.24, 2.45) is 11.8 Å². The summed E-state index contributed by atoms with van der Waals surface area (Å²) in [6, 6.07) is -0.911. The summed E-state index contributed by atoms with van der Waals surface area (Å²) in [7, 11) is 1.53. The predicted molar refractivity (Wildman–Crippen MR) is 73.8 cm³/mol. The Morgan fingerprint density at radius 1 is 1.22 bits per heavy atom. The molecule has 1 aliphatic heterocycles. The smallest absolute Gasteiger partial charge is 0.394 e. The molecule has 2 amide bonds. The summed E-state index contributed by atoms with van der Waals surface area (Å²) < 4.78 is 44.1. The predicted octanol–water partition coefficient (Wildman–Crippen LogP) is 1.85. The van der Waals surface area contributed by atoms with Gasteiger partial charge in [0.25, 0.3) is 0 Å². The molecular formula is C14H21F3N2O4. The van der Waals surface area contributed by atoms with Gasteiger partial charge >= 0.3 is 18.2 Å². The highest BCUT2D eigenvalue weighted by Crippen LogP contribution is 2.37. The minimum Gasteiger partial charge on any atom is -0.481 e. The van der Waals surface area contributed by atoms with Crippen molar-refractivity contribution >= 4 is 12.0 Å².